The predicted octanol–water partition coefficient (Wildman–Crippen LogP) is 2.70. The van der Waals surface area contributed by atoms with E-state index in [-0.39, 0.29) is 17.8 Å². The lowest BCUT2D eigenvalue weighted by Gasteiger charge is -2.11. The van der Waals surface area contributed by atoms with Crippen LogP contribution in [0.25, 0.3) is 0 Å². The molecular weight excluding hydrogens is 301 g/mol. The van der Waals surface area contributed by atoms with Crippen LogP contribution < -0.4 is 10.6 Å². The summed E-state index contributed by atoms with van der Waals surface area (Å²) in [5.41, 5.74) is 0. The Kier molecular flexibility index (Phi) is 6.04. The fraction of sp³-hybridized carbons (Fsp3) is 0.500. The highest BCUT2D eigenvalue weighted by Crippen LogP contribution is 2.15. The van der Waals surface area contributed by atoms with E-state index in [1.165, 1.54) is 12.3 Å². The summed E-state index contributed by atoms with van der Waals surface area (Å²) in [4.78, 5) is 15.4. The minimum absolute atomic E-state index is 0.0469. The third kappa shape index (κ3) is 5.00. The number of nitrogens with one attached hydrogen (secondary N) is 2. The quantitative estimate of drug-likeness (QED) is 0.848. The van der Waals surface area contributed by atoms with Crippen LogP contribution >= 0.6 is 15.9 Å². The number of anilines is 1. The highest BCUT2D eigenvalue weighted by Gasteiger charge is 2.07. The van der Waals surface area contributed by atoms with Gasteiger partial charge in [0.15, 0.2) is 11.6 Å². The maximum atomic E-state index is 13.4. The first kappa shape index (κ1) is 14.9. The van der Waals surface area contributed by atoms with Crippen molar-refractivity contribution in [2.45, 2.75) is 32.7 Å². The van der Waals surface area contributed by atoms with Crippen molar-refractivity contribution in [1.29, 1.82) is 0 Å². The zero-order valence-corrected chi connectivity index (χ0v) is 12.1. The Morgan fingerprint density at radius 1 is 1.61 bits per heavy atom. The van der Waals surface area contributed by atoms with Gasteiger partial charge < -0.3 is 10.6 Å². The molecule has 1 rings (SSSR count). The van der Waals surface area contributed by atoms with E-state index in [9.17, 15) is 9.18 Å². The summed E-state index contributed by atoms with van der Waals surface area (Å²) in [5.74, 6) is -0.324. The molecule has 2 N–H and O–H groups in total. The van der Waals surface area contributed by atoms with Crippen molar-refractivity contribution >= 4 is 27.7 Å². The van der Waals surface area contributed by atoms with Crippen molar-refractivity contribution < 1.29 is 9.18 Å². The molecule has 0 saturated carbocycles. The molecule has 1 aromatic rings. The number of hydrogen-bond acceptors (Lipinski definition) is 3. The molecule has 1 aromatic heterocycles. The molecule has 1 amide bonds. The zero-order valence-electron chi connectivity index (χ0n) is 10.5. The van der Waals surface area contributed by atoms with Gasteiger partial charge >= 0.3 is 0 Å². The average Bonchev–Trinajstić information content (AvgIpc) is 2.31. The van der Waals surface area contributed by atoms with E-state index in [1.54, 1.807) is 0 Å². The lowest BCUT2D eigenvalue weighted by molar-refractivity contribution is -0.121. The van der Waals surface area contributed by atoms with Crippen LogP contribution in [0.15, 0.2) is 16.7 Å². The van der Waals surface area contributed by atoms with Crippen molar-refractivity contribution in [2.75, 3.05) is 11.9 Å². The minimum atomic E-state index is -0.438. The number of halogens is 2. The summed E-state index contributed by atoms with van der Waals surface area (Å²) >= 11 is 3.13. The Morgan fingerprint density at radius 2 is 2.33 bits per heavy atom. The lowest BCUT2D eigenvalue weighted by Crippen LogP contribution is -2.33. The number of pyridine rings is 1. The van der Waals surface area contributed by atoms with Crippen molar-refractivity contribution in [2.24, 2.45) is 0 Å². The van der Waals surface area contributed by atoms with Gasteiger partial charge in [-0.2, -0.15) is 0 Å². The first-order valence-corrected chi connectivity index (χ1v) is 6.66. The molecule has 0 saturated heterocycles. The Hall–Kier alpha value is -1.17. The van der Waals surface area contributed by atoms with Crippen LogP contribution in [0.4, 0.5) is 10.2 Å². The largest absolute Gasteiger partial charge is 0.367 e. The van der Waals surface area contributed by atoms with E-state index >= 15 is 0 Å². The van der Waals surface area contributed by atoms with E-state index < -0.39 is 5.82 Å². The second-order valence-electron chi connectivity index (χ2n) is 4.04. The molecule has 1 unspecified atom stereocenters. The van der Waals surface area contributed by atoms with Gasteiger partial charge in [0.2, 0.25) is 5.91 Å². The van der Waals surface area contributed by atoms with Crippen molar-refractivity contribution in [3.05, 3.63) is 22.6 Å². The van der Waals surface area contributed by atoms with Crippen molar-refractivity contribution in [3.63, 3.8) is 0 Å². The number of nitrogens with zero attached hydrogens (tertiary/aromatic N) is 1. The van der Waals surface area contributed by atoms with Crippen LogP contribution in [0, 0.1) is 5.82 Å². The Labute approximate surface area is 114 Å². The summed E-state index contributed by atoms with van der Waals surface area (Å²) in [6.45, 7) is 4.30. The second kappa shape index (κ2) is 7.31. The highest BCUT2D eigenvalue weighted by molar-refractivity contribution is 9.10. The van der Waals surface area contributed by atoms with Gasteiger partial charge in [-0.1, -0.05) is 6.92 Å². The second-order valence-corrected chi connectivity index (χ2v) is 4.95. The minimum Gasteiger partial charge on any atom is -0.367 e. The van der Waals surface area contributed by atoms with Gasteiger partial charge in [0.25, 0.3) is 0 Å². The molecule has 6 heteroatoms. The fourth-order valence-corrected chi connectivity index (χ4v) is 1.59. The molecule has 0 radical (unpaired) electrons. The highest BCUT2D eigenvalue weighted by atomic mass is 79.9. The number of aromatic nitrogens is 1. The normalized spacial score (nSPS) is 12.0. The molecule has 4 nitrogen and oxygen atoms in total. The third-order valence-electron chi connectivity index (χ3n) is 2.47. The number of rotatable bonds is 6. The number of carbonyl (C=O) groups is 1. The number of amides is 1. The van der Waals surface area contributed by atoms with Gasteiger partial charge in [0, 0.05) is 29.7 Å². The molecular formula is C12H17BrFN3O. The maximum Gasteiger partial charge on any atom is 0.221 e. The first-order valence-electron chi connectivity index (χ1n) is 5.87. The van der Waals surface area contributed by atoms with Crippen molar-refractivity contribution in [1.82, 2.24) is 10.3 Å². The van der Waals surface area contributed by atoms with Crippen LogP contribution in [0.1, 0.15) is 26.7 Å². The van der Waals surface area contributed by atoms with E-state index in [4.69, 9.17) is 0 Å². The molecule has 0 fully saturated rings. The van der Waals surface area contributed by atoms with E-state index in [0.29, 0.717) is 17.4 Å². The van der Waals surface area contributed by atoms with Gasteiger partial charge in [0.1, 0.15) is 0 Å². The molecule has 0 bridgehead atoms. The lowest BCUT2D eigenvalue weighted by atomic mass is 10.2. The van der Waals surface area contributed by atoms with E-state index in [2.05, 4.69) is 31.5 Å². The van der Waals surface area contributed by atoms with Crippen LogP contribution in [-0.4, -0.2) is 23.5 Å². The molecule has 1 heterocycles. The summed E-state index contributed by atoms with van der Waals surface area (Å²) in [6, 6.07) is 1.49. The van der Waals surface area contributed by atoms with E-state index in [1.807, 2.05) is 13.8 Å². The summed E-state index contributed by atoms with van der Waals surface area (Å²) in [5, 5.41) is 5.63. The van der Waals surface area contributed by atoms with Gasteiger partial charge in [-0.05, 0) is 35.3 Å². The molecule has 0 spiro atoms. The van der Waals surface area contributed by atoms with Gasteiger partial charge in [-0.25, -0.2) is 9.37 Å². The number of carbonyl (C=O) groups excluding carboxylic acids is 1. The van der Waals surface area contributed by atoms with Crippen LogP contribution in [0.5, 0.6) is 0 Å². The Balaban J connectivity index is 2.35. The smallest absolute Gasteiger partial charge is 0.221 e. The van der Waals surface area contributed by atoms with Gasteiger partial charge in [0.05, 0.1) is 0 Å². The molecule has 18 heavy (non-hydrogen) atoms. The molecule has 0 aliphatic rings. The fourth-order valence-electron chi connectivity index (χ4n) is 1.29. The number of hydrogen-bond donors (Lipinski definition) is 2. The molecule has 0 aliphatic carbocycles. The molecule has 1 atom stereocenters. The van der Waals surface area contributed by atoms with Gasteiger partial charge in [-0.15, -0.1) is 0 Å². The van der Waals surface area contributed by atoms with Crippen molar-refractivity contribution in [3.8, 4) is 0 Å². The average molecular weight is 318 g/mol. The topological polar surface area (TPSA) is 54.0 Å². The molecule has 0 aliphatic heterocycles. The standard InChI is InChI=1S/C12H17BrFN3O/c1-3-8(2)17-11(18)4-5-15-12-10(14)6-9(13)7-16-12/h6-8H,3-5H2,1-2H3,(H,15,16)(H,17,18). The molecule has 100 valence electrons. The maximum absolute atomic E-state index is 13.4. The predicted molar refractivity (Wildman–Crippen MR) is 72.9 cm³/mol. The van der Waals surface area contributed by atoms with Gasteiger partial charge in [-0.3, -0.25) is 4.79 Å². The summed E-state index contributed by atoms with van der Waals surface area (Å²) in [7, 11) is 0. The van der Waals surface area contributed by atoms with Crippen LogP contribution in [-0.2, 0) is 4.79 Å². The SMILES string of the molecule is CCC(C)NC(=O)CCNc1ncc(Br)cc1F. The van der Waals surface area contributed by atoms with E-state index in [0.717, 1.165) is 6.42 Å². The first-order chi connectivity index (χ1) is 8.52. The summed E-state index contributed by atoms with van der Waals surface area (Å²) in [6.07, 6.45) is 2.69. The summed E-state index contributed by atoms with van der Waals surface area (Å²) < 4.78 is 14.0. The Bertz CT molecular complexity index is 414. The monoisotopic (exact) mass is 317 g/mol. The van der Waals surface area contributed by atoms with Crippen LogP contribution in [0.2, 0.25) is 0 Å². The zero-order chi connectivity index (χ0) is 13.5. The third-order valence-corrected chi connectivity index (χ3v) is 2.91. The molecule has 0 aromatic carbocycles. The van der Waals surface area contributed by atoms with Crippen LogP contribution in [0.3, 0.4) is 0 Å². The Morgan fingerprint density at radius 3 is 2.94 bits per heavy atom.